The monoisotopic (exact) mass is 378 g/mol. The van der Waals surface area contributed by atoms with E-state index in [4.69, 9.17) is 5.73 Å². The highest BCUT2D eigenvalue weighted by atomic mass is 19.3. The summed E-state index contributed by atoms with van der Waals surface area (Å²) in [5.41, 5.74) is 6.88. The zero-order valence-electron chi connectivity index (χ0n) is 15.0. The lowest BCUT2D eigenvalue weighted by atomic mass is 9.81. The first-order valence-corrected chi connectivity index (χ1v) is 9.42. The van der Waals surface area contributed by atoms with Crippen molar-refractivity contribution in [1.29, 1.82) is 0 Å². The molecule has 1 saturated carbocycles. The third-order valence-corrected chi connectivity index (χ3v) is 5.99. The number of fused-ring (bicyclic) bond motifs is 1. The van der Waals surface area contributed by atoms with Gasteiger partial charge in [0, 0.05) is 31.4 Å². The van der Waals surface area contributed by atoms with Crippen molar-refractivity contribution in [2.24, 2.45) is 11.7 Å². The van der Waals surface area contributed by atoms with Gasteiger partial charge in [-0.3, -0.25) is 9.78 Å². The number of likely N-dealkylation sites (tertiary alicyclic amines) is 1. The molecular weight excluding hydrogens is 354 g/mol. The molecule has 1 atom stereocenters. The molecule has 0 bridgehead atoms. The fraction of sp³-hybridized carbons (Fsp3) is 0.579. The Morgan fingerprint density at radius 3 is 2.70 bits per heavy atom. The molecule has 146 valence electrons. The van der Waals surface area contributed by atoms with E-state index in [1.54, 1.807) is 12.3 Å². The Bertz CT molecular complexity index is 845. The molecule has 3 N–H and O–H groups in total. The summed E-state index contributed by atoms with van der Waals surface area (Å²) in [6, 6.07) is 3.00. The fourth-order valence-corrected chi connectivity index (χ4v) is 4.40. The lowest BCUT2D eigenvalue weighted by Gasteiger charge is -2.33. The lowest BCUT2D eigenvalue weighted by molar-refractivity contribution is -0.134. The Balaban J connectivity index is 1.39. The van der Waals surface area contributed by atoms with E-state index in [9.17, 15) is 18.7 Å². The Labute approximate surface area is 156 Å². The van der Waals surface area contributed by atoms with Crippen LogP contribution in [0.2, 0.25) is 0 Å². The largest absolute Gasteiger partial charge is 0.494 e. The molecule has 1 aliphatic carbocycles. The van der Waals surface area contributed by atoms with Crippen molar-refractivity contribution in [2.45, 2.75) is 50.1 Å². The maximum absolute atomic E-state index is 13.4. The molecule has 0 unspecified atom stereocenters. The number of hydrogen-bond donors (Lipinski definition) is 2. The van der Waals surface area contributed by atoms with Gasteiger partial charge in [0.05, 0.1) is 23.5 Å². The number of halogens is 2. The highest BCUT2D eigenvalue weighted by Crippen LogP contribution is 2.39. The molecule has 1 aliphatic heterocycles. The van der Waals surface area contributed by atoms with Crippen LogP contribution in [-0.4, -0.2) is 50.5 Å². The van der Waals surface area contributed by atoms with E-state index in [1.807, 2.05) is 16.8 Å². The summed E-state index contributed by atoms with van der Waals surface area (Å²) in [4.78, 5) is 17.9. The summed E-state index contributed by atoms with van der Waals surface area (Å²) in [6.07, 6.45) is 6.26. The van der Waals surface area contributed by atoms with E-state index in [0.717, 1.165) is 36.6 Å². The van der Waals surface area contributed by atoms with Crippen molar-refractivity contribution in [2.75, 3.05) is 13.1 Å². The smallest absolute Gasteiger partial charge is 0.267 e. The Morgan fingerprint density at radius 1 is 1.33 bits per heavy atom. The minimum Gasteiger partial charge on any atom is -0.494 e. The third-order valence-electron chi connectivity index (χ3n) is 5.99. The molecule has 2 aromatic rings. The zero-order valence-corrected chi connectivity index (χ0v) is 15.0. The first-order valence-electron chi connectivity index (χ1n) is 9.42. The fourth-order valence-electron chi connectivity index (χ4n) is 4.40. The highest BCUT2D eigenvalue weighted by Gasteiger charge is 2.42. The molecule has 1 saturated heterocycles. The van der Waals surface area contributed by atoms with Gasteiger partial charge in [0.2, 0.25) is 11.8 Å². The molecule has 0 radical (unpaired) electrons. The summed E-state index contributed by atoms with van der Waals surface area (Å²) in [5, 5.41) is 11.2. The number of hydrogen-bond acceptors (Lipinski definition) is 4. The number of alkyl halides is 2. The van der Waals surface area contributed by atoms with Crippen LogP contribution in [0.1, 0.15) is 38.1 Å². The van der Waals surface area contributed by atoms with E-state index in [2.05, 4.69) is 4.98 Å². The minimum absolute atomic E-state index is 0.0202. The molecule has 2 aliphatic rings. The van der Waals surface area contributed by atoms with E-state index in [-0.39, 0.29) is 36.7 Å². The quantitative estimate of drug-likeness (QED) is 0.860. The van der Waals surface area contributed by atoms with Crippen molar-refractivity contribution < 1.29 is 18.7 Å². The Morgan fingerprint density at radius 2 is 2.07 bits per heavy atom. The summed E-state index contributed by atoms with van der Waals surface area (Å²) in [7, 11) is 0. The topological polar surface area (TPSA) is 84.4 Å². The van der Waals surface area contributed by atoms with Gasteiger partial charge in [-0.2, -0.15) is 0 Å². The number of amides is 1. The van der Waals surface area contributed by atoms with E-state index >= 15 is 0 Å². The summed E-state index contributed by atoms with van der Waals surface area (Å²) < 4.78 is 28.6. The molecule has 3 heterocycles. The predicted octanol–water partition coefficient (Wildman–Crippen LogP) is 2.67. The van der Waals surface area contributed by atoms with Gasteiger partial charge in [-0.15, -0.1) is 0 Å². The summed E-state index contributed by atoms with van der Waals surface area (Å²) >= 11 is 0. The zero-order chi connectivity index (χ0) is 19.2. The number of aromatic nitrogens is 2. The molecule has 2 fully saturated rings. The van der Waals surface area contributed by atoms with Crippen LogP contribution in [0.5, 0.6) is 5.88 Å². The van der Waals surface area contributed by atoms with Gasteiger partial charge in [-0.05, 0) is 43.7 Å². The molecule has 2 aromatic heterocycles. The number of aromatic hydroxyl groups is 1. The Kier molecular flexibility index (Phi) is 4.53. The maximum Gasteiger partial charge on any atom is 0.267 e. The van der Waals surface area contributed by atoms with Crippen molar-refractivity contribution in [3.63, 3.8) is 0 Å². The highest BCUT2D eigenvalue weighted by molar-refractivity contribution is 5.84. The number of rotatable bonds is 3. The first-order chi connectivity index (χ1) is 12.9. The van der Waals surface area contributed by atoms with Crippen molar-refractivity contribution in [1.82, 2.24) is 14.5 Å². The normalized spacial score (nSPS) is 26.4. The predicted molar refractivity (Wildman–Crippen MR) is 96.5 cm³/mol. The van der Waals surface area contributed by atoms with Crippen LogP contribution >= 0.6 is 0 Å². The maximum atomic E-state index is 13.4. The molecule has 6 nitrogen and oxygen atoms in total. The summed E-state index contributed by atoms with van der Waals surface area (Å²) in [5.74, 6) is -2.97. The van der Waals surface area contributed by atoms with Crippen molar-refractivity contribution in [3.8, 4) is 5.88 Å². The number of carbonyl (C=O) groups is 1. The SMILES string of the molecule is N[C@H](C(=O)N1CCC(F)(F)C1)C1CCC(n2cc3ncccc3c2O)CC1. The second-order valence-electron chi connectivity index (χ2n) is 7.76. The van der Waals surface area contributed by atoms with Crippen molar-refractivity contribution >= 4 is 16.8 Å². The van der Waals surface area contributed by atoms with Crippen LogP contribution in [0.3, 0.4) is 0 Å². The summed E-state index contributed by atoms with van der Waals surface area (Å²) in [6.45, 7) is -0.447. The van der Waals surface area contributed by atoms with Gasteiger partial charge >= 0.3 is 0 Å². The minimum atomic E-state index is -2.80. The number of nitrogens with two attached hydrogens (primary N) is 1. The molecule has 0 aromatic carbocycles. The molecule has 0 spiro atoms. The van der Waals surface area contributed by atoms with E-state index in [0.29, 0.717) is 0 Å². The van der Waals surface area contributed by atoms with Gasteiger partial charge in [-0.25, -0.2) is 8.78 Å². The molecular formula is C19H24F2N4O2. The first kappa shape index (κ1) is 18.2. The molecule has 1 amide bonds. The van der Waals surface area contributed by atoms with E-state index in [1.165, 1.54) is 4.90 Å². The number of pyridine rings is 1. The molecule has 4 rings (SSSR count). The van der Waals surface area contributed by atoms with Crippen LogP contribution < -0.4 is 5.73 Å². The average molecular weight is 378 g/mol. The molecule has 8 heteroatoms. The van der Waals surface area contributed by atoms with Crippen LogP contribution in [-0.2, 0) is 4.79 Å². The van der Waals surface area contributed by atoms with Gasteiger partial charge in [-0.1, -0.05) is 0 Å². The van der Waals surface area contributed by atoms with Crippen LogP contribution in [0, 0.1) is 5.92 Å². The standard InChI is InChI=1S/C19H24F2N4O2/c20-19(21)7-9-24(11-19)18(27)16(22)12-3-5-13(6-4-12)25-10-15-14(17(25)26)2-1-8-23-15/h1-2,8,10,12-13,16,26H,3-7,9,11,22H2/t12?,13?,16-/m0/s1. The van der Waals surface area contributed by atoms with Crippen LogP contribution in [0.4, 0.5) is 8.78 Å². The second kappa shape index (κ2) is 6.74. The van der Waals surface area contributed by atoms with Crippen LogP contribution in [0.15, 0.2) is 24.5 Å². The lowest BCUT2D eigenvalue weighted by Crippen LogP contribution is -2.48. The van der Waals surface area contributed by atoms with Crippen LogP contribution in [0.25, 0.3) is 10.9 Å². The van der Waals surface area contributed by atoms with E-state index < -0.39 is 18.5 Å². The third kappa shape index (κ3) is 3.38. The van der Waals surface area contributed by atoms with Gasteiger partial charge < -0.3 is 20.3 Å². The van der Waals surface area contributed by atoms with Gasteiger partial charge in [0.1, 0.15) is 0 Å². The van der Waals surface area contributed by atoms with Gasteiger partial charge in [0.25, 0.3) is 5.92 Å². The second-order valence-corrected chi connectivity index (χ2v) is 7.76. The average Bonchev–Trinajstić information content (AvgIpc) is 3.20. The molecule has 27 heavy (non-hydrogen) atoms. The number of nitrogens with zero attached hydrogens (tertiary/aromatic N) is 3. The Hall–Kier alpha value is -2.22. The number of carbonyl (C=O) groups excluding carboxylic acids is 1. The van der Waals surface area contributed by atoms with Gasteiger partial charge in [0.15, 0.2) is 0 Å². The van der Waals surface area contributed by atoms with Crippen molar-refractivity contribution in [3.05, 3.63) is 24.5 Å².